The van der Waals surface area contributed by atoms with Crippen molar-refractivity contribution in [3.63, 3.8) is 0 Å². The molecule has 78 valence electrons. The first-order valence-corrected chi connectivity index (χ1v) is 5.28. The van der Waals surface area contributed by atoms with E-state index in [0.717, 1.165) is 0 Å². The summed E-state index contributed by atoms with van der Waals surface area (Å²) in [5.74, 6) is 1.60. The van der Waals surface area contributed by atoms with Crippen molar-refractivity contribution in [1.29, 1.82) is 0 Å². The maximum absolute atomic E-state index is 11.8. The number of carbonyl (C=O) groups is 1. The Morgan fingerprint density at radius 3 is 1.08 bits per heavy atom. The van der Waals surface area contributed by atoms with Crippen LogP contribution in [0.4, 0.5) is 0 Å². The molecule has 0 aromatic rings. The van der Waals surface area contributed by atoms with Gasteiger partial charge in [-0.3, -0.25) is 4.79 Å². The van der Waals surface area contributed by atoms with Crippen LogP contribution in [0.2, 0.25) is 0 Å². The number of Topliss-reactive ketones (excluding diaryl/α,β-unsaturated/α-hetero) is 1. The second-order valence-corrected chi connectivity index (χ2v) is 4.95. The van der Waals surface area contributed by atoms with E-state index in [0.29, 0.717) is 23.5 Å². The Kier molecular flexibility index (Phi) is 4.15. The van der Waals surface area contributed by atoms with E-state index in [9.17, 15) is 4.79 Å². The highest BCUT2D eigenvalue weighted by Gasteiger charge is 2.44. The van der Waals surface area contributed by atoms with Crippen molar-refractivity contribution < 1.29 is 4.79 Å². The molecule has 0 aliphatic carbocycles. The number of hydrogen-bond donors (Lipinski definition) is 0. The van der Waals surface area contributed by atoms with Crippen LogP contribution in [0.25, 0.3) is 0 Å². The number of carbonyl (C=O) groups excluding carboxylic acids is 1. The molecule has 0 saturated carbocycles. The van der Waals surface area contributed by atoms with Gasteiger partial charge in [0.25, 0.3) is 0 Å². The number of hydrogen-bond acceptors (Lipinski definition) is 1. The molecule has 13 heavy (non-hydrogen) atoms. The SMILES string of the molecule is CC(=O)C(C(C)C)(C(C)C)C(C)C. The second kappa shape index (κ2) is 4.26. The predicted molar refractivity (Wildman–Crippen MR) is 57.6 cm³/mol. The van der Waals surface area contributed by atoms with Gasteiger partial charge in [-0.1, -0.05) is 41.5 Å². The Balaban J connectivity index is 5.19. The summed E-state index contributed by atoms with van der Waals surface area (Å²) in [7, 11) is 0. The quantitative estimate of drug-likeness (QED) is 0.653. The van der Waals surface area contributed by atoms with Gasteiger partial charge in [-0.25, -0.2) is 0 Å². The molecule has 0 aromatic heterocycles. The summed E-state index contributed by atoms with van der Waals surface area (Å²) in [5, 5.41) is 0. The van der Waals surface area contributed by atoms with Crippen molar-refractivity contribution in [3.8, 4) is 0 Å². The maximum Gasteiger partial charge on any atom is 0.136 e. The Morgan fingerprint density at radius 2 is 1.08 bits per heavy atom. The van der Waals surface area contributed by atoms with Crippen LogP contribution < -0.4 is 0 Å². The normalized spacial score (nSPS) is 13.1. The summed E-state index contributed by atoms with van der Waals surface area (Å²) in [4.78, 5) is 11.8. The topological polar surface area (TPSA) is 17.1 Å². The summed E-state index contributed by atoms with van der Waals surface area (Å²) in [6.45, 7) is 14.7. The van der Waals surface area contributed by atoms with Gasteiger partial charge in [0.1, 0.15) is 5.78 Å². The van der Waals surface area contributed by atoms with Crippen molar-refractivity contribution in [2.24, 2.45) is 23.2 Å². The third kappa shape index (κ3) is 1.95. The van der Waals surface area contributed by atoms with E-state index >= 15 is 0 Å². The Labute approximate surface area is 82.9 Å². The van der Waals surface area contributed by atoms with Gasteiger partial charge in [0.05, 0.1) is 0 Å². The maximum atomic E-state index is 11.8. The summed E-state index contributed by atoms with van der Waals surface area (Å²) in [5.41, 5.74) is -0.139. The van der Waals surface area contributed by atoms with Gasteiger partial charge in [0.15, 0.2) is 0 Å². The fourth-order valence-electron chi connectivity index (χ4n) is 3.22. The molecule has 0 N–H and O–H groups in total. The summed E-state index contributed by atoms with van der Waals surface area (Å²) in [6.07, 6.45) is 0. The van der Waals surface area contributed by atoms with Crippen molar-refractivity contribution in [2.45, 2.75) is 48.5 Å². The Bertz CT molecular complexity index is 156. The fourth-order valence-corrected chi connectivity index (χ4v) is 3.22. The lowest BCUT2D eigenvalue weighted by atomic mass is 9.60. The van der Waals surface area contributed by atoms with Crippen LogP contribution in [0.1, 0.15) is 48.5 Å². The number of rotatable bonds is 4. The molecular formula is C12H24O. The first kappa shape index (κ1) is 12.7. The zero-order valence-electron chi connectivity index (χ0n) is 10.1. The molecule has 0 heterocycles. The Morgan fingerprint density at radius 1 is 0.846 bits per heavy atom. The van der Waals surface area contributed by atoms with Crippen molar-refractivity contribution in [2.75, 3.05) is 0 Å². The highest BCUT2D eigenvalue weighted by Crippen LogP contribution is 2.43. The molecule has 0 aliphatic heterocycles. The molecule has 0 bridgehead atoms. The van der Waals surface area contributed by atoms with Crippen molar-refractivity contribution in [1.82, 2.24) is 0 Å². The van der Waals surface area contributed by atoms with Crippen LogP contribution in [0.3, 0.4) is 0 Å². The molecule has 0 unspecified atom stereocenters. The molecule has 1 heteroatoms. The summed E-state index contributed by atoms with van der Waals surface area (Å²) < 4.78 is 0. The summed E-state index contributed by atoms with van der Waals surface area (Å²) >= 11 is 0. The van der Waals surface area contributed by atoms with E-state index < -0.39 is 0 Å². The number of ketones is 1. The van der Waals surface area contributed by atoms with Crippen LogP contribution in [-0.2, 0) is 4.79 Å². The van der Waals surface area contributed by atoms with Crippen LogP contribution in [0.15, 0.2) is 0 Å². The van der Waals surface area contributed by atoms with Gasteiger partial charge in [-0.2, -0.15) is 0 Å². The molecule has 0 saturated heterocycles. The highest BCUT2D eigenvalue weighted by molar-refractivity contribution is 5.83. The van der Waals surface area contributed by atoms with Crippen LogP contribution in [-0.4, -0.2) is 5.78 Å². The zero-order chi connectivity index (χ0) is 10.8. The first-order chi connectivity index (χ1) is 5.77. The smallest absolute Gasteiger partial charge is 0.136 e. The first-order valence-electron chi connectivity index (χ1n) is 5.28. The molecule has 0 atom stereocenters. The van der Waals surface area contributed by atoms with Gasteiger partial charge in [0, 0.05) is 5.41 Å². The van der Waals surface area contributed by atoms with Crippen molar-refractivity contribution >= 4 is 5.78 Å². The van der Waals surface area contributed by atoms with E-state index in [1.54, 1.807) is 6.92 Å². The largest absolute Gasteiger partial charge is 0.299 e. The third-order valence-electron chi connectivity index (χ3n) is 3.48. The minimum atomic E-state index is -0.139. The van der Waals surface area contributed by atoms with Gasteiger partial charge in [-0.05, 0) is 24.7 Å². The van der Waals surface area contributed by atoms with E-state index in [4.69, 9.17) is 0 Å². The monoisotopic (exact) mass is 184 g/mol. The molecule has 1 nitrogen and oxygen atoms in total. The molecular weight excluding hydrogens is 160 g/mol. The van der Waals surface area contributed by atoms with Gasteiger partial charge in [-0.15, -0.1) is 0 Å². The average molecular weight is 184 g/mol. The molecule has 0 aromatic carbocycles. The predicted octanol–water partition coefficient (Wildman–Crippen LogP) is 3.53. The van der Waals surface area contributed by atoms with Gasteiger partial charge >= 0.3 is 0 Å². The van der Waals surface area contributed by atoms with Gasteiger partial charge in [0.2, 0.25) is 0 Å². The van der Waals surface area contributed by atoms with Crippen LogP contribution >= 0.6 is 0 Å². The fraction of sp³-hybridized carbons (Fsp3) is 0.917. The molecule has 0 amide bonds. The van der Waals surface area contributed by atoms with E-state index in [1.165, 1.54) is 0 Å². The molecule has 0 aliphatic rings. The van der Waals surface area contributed by atoms with Crippen LogP contribution in [0, 0.1) is 23.2 Å². The minimum Gasteiger partial charge on any atom is -0.299 e. The highest BCUT2D eigenvalue weighted by atomic mass is 16.1. The Hall–Kier alpha value is -0.330. The third-order valence-corrected chi connectivity index (χ3v) is 3.48. The molecule has 0 radical (unpaired) electrons. The average Bonchev–Trinajstić information content (AvgIpc) is 1.82. The lowest BCUT2D eigenvalue weighted by Crippen LogP contribution is -2.44. The minimum absolute atomic E-state index is 0.139. The standard InChI is InChI=1S/C12H24O/c1-8(2)12(9(3)4,10(5)6)11(7)13/h8-10H,1-7H3. The van der Waals surface area contributed by atoms with Gasteiger partial charge < -0.3 is 0 Å². The van der Waals surface area contributed by atoms with Crippen molar-refractivity contribution in [3.05, 3.63) is 0 Å². The van der Waals surface area contributed by atoms with E-state index in [1.807, 2.05) is 0 Å². The molecule has 0 fully saturated rings. The lowest BCUT2D eigenvalue weighted by Gasteiger charge is -2.42. The molecule has 0 spiro atoms. The van der Waals surface area contributed by atoms with E-state index in [-0.39, 0.29) is 5.41 Å². The molecule has 0 rings (SSSR count). The second-order valence-electron chi connectivity index (χ2n) is 4.95. The lowest BCUT2D eigenvalue weighted by molar-refractivity contribution is -0.136. The summed E-state index contributed by atoms with van der Waals surface area (Å²) in [6, 6.07) is 0. The van der Waals surface area contributed by atoms with E-state index in [2.05, 4.69) is 41.5 Å². The van der Waals surface area contributed by atoms with Crippen LogP contribution in [0.5, 0.6) is 0 Å². The zero-order valence-corrected chi connectivity index (χ0v) is 10.1.